The Kier molecular flexibility index (Phi) is 5.09. The van der Waals surface area contributed by atoms with Gasteiger partial charge in [0.2, 0.25) is 0 Å². The van der Waals surface area contributed by atoms with Gasteiger partial charge in [-0.25, -0.2) is 9.48 Å². The molecule has 0 unspecified atom stereocenters. The number of carbonyl (C=O) groups excluding carboxylic acids is 2. The van der Waals surface area contributed by atoms with Crippen LogP contribution in [0.5, 0.6) is 0 Å². The van der Waals surface area contributed by atoms with E-state index in [0.29, 0.717) is 22.1 Å². The highest BCUT2D eigenvalue weighted by atomic mass is 35.5. The van der Waals surface area contributed by atoms with Gasteiger partial charge in [-0.15, -0.1) is 0 Å². The van der Waals surface area contributed by atoms with Gasteiger partial charge in [0.15, 0.2) is 5.69 Å². The number of benzene rings is 1. The average molecular weight is 374 g/mol. The Morgan fingerprint density at radius 2 is 2.12 bits per heavy atom. The molecule has 0 atom stereocenters. The zero-order valence-electron chi connectivity index (χ0n) is 14.2. The van der Waals surface area contributed by atoms with E-state index in [0.717, 1.165) is 5.69 Å². The van der Waals surface area contributed by atoms with Crippen molar-refractivity contribution in [2.75, 3.05) is 7.11 Å². The first-order valence-corrected chi connectivity index (χ1v) is 8.13. The summed E-state index contributed by atoms with van der Waals surface area (Å²) in [5, 5.41) is 7.52. The quantitative estimate of drug-likeness (QED) is 0.694. The number of aromatic nitrogens is 2. The Morgan fingerprint density at radius 3 is 2.85 bits per heavy atom. The van der Waals surface area contributed by atoms with Crippen molar-refractivity contribution < 1.29 is 18.7 Å². The lowest BCUT2D eigenvalue weighted by Crippen LogP contribution is -2.23. The third kappa shape index (κ3) is 3.78. The maximum Gasteiger partial charge on any atom is 0.341 e. The highest BCUT2D eigenvalue weighted by molar-refractivity contribution is 6.30. The molecular weight excluding hydrogens is 358 g/mol. The Labute approximate surface area is 154 Å². The Hall–Kier alpha value is -3.06. The van der Waals surface area contributed by atoms with Gasteiger partial charge in [0.05, 0.1) is 19.3 Å². The summed E-state index contributed by atoms with van der Waals surface area (Å²) < 4.78 is 11.7. The Morgan fingerprint density at radius 1 is 1.31 bits per heavy atom. The number of halogens is 1. The smallest absolute Gasteiger partial charge is 0.341 e. The molecule has 0 aliphatic carbocycles. The van der Waals surface area contributed by atoms with Crippen molar-refractivity contribution in [3.05, 3.63) is 70.4 Å². The zero-order chi connectivity index (χ0) is 18.7. The zero-order valence-corrected chi connectivity index (χ0v) is 14.9. The fourth-order valence-corrected chi connectivity index (χ4v) is 2.59. The molecule has 2 heterocycles. The monoisotopic (exact) mass is 373 g/mol. The van der Waals surface area contributed by atoms with Gasteiger partial charge in [-0.05, 0) is 37.3 Å². The molecule has 1 N–H and O–H groups in total. The number of ether oxygens (including phenoxy) is 1. The van der Waals surface area contributed by atoms with Gasteiger partial charge < -0.3 is 14.5 Å². The Balaban J connectivity index is 1.67. The number of nitrogens with one attached hydrogen (secondary N) is 1. The third-order valence-corrected chi connectivity index (χ3v) is 3.93. The van der Waals surface area contributed by atoms with Crippen LogP contribution < -0.4 is 5.32 Å². The lowest BCUT2D eigenvalue weighted by Gasteiger charge is -2.02. The number of amides is 1. The minimum absolute atomic E-state index is 0.126. The molecule has 0 aliphatic heterocycles. The largest absolute Gasteiger partial charge is 0.465 e. The maximum absolute atomic E-state index is 12.3. The first-order valence-electron chi connectivity index (χ1n) is 7.75. The molecule has 0 aliphatic rings. The molecule has 0 fully saturated rings. The number of methoxy groups -OCH3 is 1. The van der Waals surface area contributed by atoms with Crippen molar-refractivity contribution in [2.45, 2.75) is 13.5 Å². The van der Waals surface area contributed by atoms with Crippen molar-refractivity contribution in [1.82, 2.24) is 15.1 Å². The number of aryl methyl sites for hydroxylation is 1. The fourth-order valence-electron chi connectivity index (χ4n) is 2.41. The van der Waals surface area contributed by atoms with Crippen molar-refractivity contribution in [1.29, 1.82) is 0 Å². The molecular formula is C18H16ClN3O4. The van der Waals surface area contributed by atoms with E-state index >= 15 is 0 Å². The summed E-state index contributed by atoms with van der Waals surface area (Å²) in [5.41, 5.74) is 1.34. The predicted octanol–water partition coefficient (Wildman–Crippen LogP) is 3.14. The first kappa shape index (κ1) is 17.8. The van der Waals surface area contributed by atoms with Crippen LogP contribution in [0.15, 0.2) is 47.0 Å². The summed E-state index contributed by atoms with van der Waals surface area (Å²) in [6, 6.07) is 10.3. The molecule has 0 saturated heterocycles. The van der Waals surface area contributed by atoms with Crippen molar-refractivity contribution >= 4 is 23.5 Å². The molecule has 7 nitrogen and oxygen atoms in total. The van der Waals surface area contributed by atoms with Gasteiger partial charge in [-0.2, -0.15) is 5.10 Å². The van der Waals surface area contributed by atoms with Gasteiger partial charge in [0.1, 0.15) is 17.1 Å². The van der Waals surface area contributed by atoms with E-state index in [2.05, 4.69) is 15.2 Å². The van der Waals surface area contributed by atoms with E-state index in [1.54, 1.807) is 48.1 Å². The topological polar surface area (TPSA) is 86.4 Å². The summed E-state index contributed by atoms with van der Waals surface area (Å²) in [4.78, 5) is 23.8. The van der Waals surface area contributed by atoms with Gasteiger partial charge in [-0.3, -0.25) is 4.79 Å². The van der Waals surface area contributed by atoms with Gasteiger partial charge in [-0.1, -0.05) is 17.7 Å². The van der Waals surface area contributed by atoms with Gasteiger partial charge in [0, 0.05) is 11.2 Å². The number of furan rings is 1. The van der Waals surface area contributed by atoms with Crippen LogP contribution in [0, 0.1) is 6.92 Å². The summed E-state index contributed by atoms with van der Waals surface area (Å²) in [5.74, 6) is 0.0420. The van der Waals surface area contributed by atoms with Crippen LogP contribution in [0.4, 0.5) is 0 Å². The summed E-state index contributed by atoms with van der Waals surface area (Å²) in [6.45, 7) is 1.78. The average Bonchev–Trinajstić information content (AvgIpc) is 3.26. The van der Waals surface area contributed by atoms with Gasteiger partial charge >= 0.3 is 5.97 Å². The van der Waals surface area contributed by atoms with Crippen LogP contribution in [0.3, 0.4) is 0 Å². The number of hydrogen-bond acceptors (Lipinski definition) is 5. The fraction of sp³-hybridized carbons (Fsp3) is 0.167. The standard InChI is InChI=1S/C18H16ClN3O4/c1-11-15(18(24)25-2)9-14(26-11)10-20-17(23)16-6-7-22(21-16)13-5-3-4-12(19)8-13/h3-9H,10H2,1-2H3,(H,20,23). The molecule has 1 aromatic carbocycles. The second-order valence-electron chi connectivity index (χ2n) is 5.48. The highest BCUT2D eigenvalue weighted by Gasteiger charge is 2.16. The first-order chi connectivity index (χ1) is 12.5. The molecule has 3 aromatic rings. The summed E-state index contributed by atoms with van der Waals surface area (Å²) in [6.07, 6.45) is 1.67. The van der Waals surface area contributed by atoms with Crippen LogP contribution >= 0.6 is 11.6 Å². The van der Waals surface area contributed by atoms with Crippen LogP contribution in [0.1, 0.15) is 32.4 Å². The van der Waals surface area contributed by atoms with Crippen molar-refractivity contribution in [3.8, 4) is 5.69 Å². The lowest BCUT2D eigenvalue weighted by molar-refractivity contribution is 0.0598. The molecule has 8 heteroatoms. The van der Waals surface area contributed by atoms with E-state index in [1.807, 2.05) is 6.07 Å². The molecule has 0 radical (unpaired) electrons. The summed E-state index contributed by atoms with van der Waals surface area (Å²) >= 11 is 5.97. The molecule has 134 valence electrons. The van der Waals surface area contributed by atoms with Crippen LogP contribution in [-0.2, 0) is 11.3 Å². The molecule has 0 spiro atoms. The minimum Gasteiger partial charge on any atom is -0.465 e. The molecule has 2 aromatic heterocycles. The van der Waals surface area contributed by atoms with Gasteiger partial charge in [0.25, 0.3) is 5.91 Å². The van der Waals surface area contributed by atoms with E-state index in [4.69, 9.17) is 16.0 Å². The van der Waals surface area contributed by atoms with E-state index in [1.165, 1.54) is 7.11 Å². The maximum atomic E-state index is 12.3. The molecule has 26 heavy (non-hydrogen) atoms. The lowest BCUT2D eigenvalue weighted by atomic mass is 10.2. The third-order valence-electron chi connectivity index (χ3n) is 3.69. The second-order valence-corrected chi connectivity index (χ2v) is 5.92. The molecule has 0 bridgehead atoms. The number of nitrogens with zero attached hydrogens (tertiary/aromatic N) is 2. The normalized spacial score (nSPS) is 10.6. The second kappa shape index (κ2) is 7.45. The highest BCUT2D eigenvalue weighted by Crippen LogP contribution is 2.16. The molecule has 1 amide bonds. The summed E-state index contributed by atoms with van der Waals surface area (Å²) in [7, 11) is 1.30. The van der Waals surface area contributed by atoms with E-state index in [9.17, 15) is 9.59 Å². The van der Waals surface area contributed by atoms with E-state index < -0.39 is 5.97 Å². The Bertz CT molecular complexity index is 961. The van der Waals surface area contributed by atoms with Crippen LogP contribution in [0.2, 0.25) is 5.02 Å². The van der Waals surface area contributed by atoms with Crippen LogP contribution in [0.25, 0.3) is 5.69 Å². The number of esters is 1. The SMILES string of the molecule is COC(=O)c1cc(CNC(=O)c2ccn(-c3cccc(Cl)c3)n2)oc1C. The minimum atomic E-state index is -0.482. The number of carbonyl (C=O) groups is 2. The molecule has 3 rings (SSSR count). The van der Waals surface area contributed by atoms with Crippen molar-refractivity contribution in [2.24, 2.45) is 0 Å². The van der Waals surface area contributed by atoms with Crippen LogP contribution in [-0.4, -0.2) is 28.8 Å². The number of rotatable bonds is 5. The van der Waals surface area contributed by atoms with Crippen molar-refractivity contribution in [3.63, 3.8) is 0 Å². The predicted molar refractivity (Wildman–Crippen MR) is 94.5 cm³/mol. The van der Waals surface area contributed by atoms with E-state index in [-0.39, 0.29) is 18.1 Å². The number of hydrogen-bond donors (Lipinski definition) is 1. The molecule has 0 saturated carbocycles.